The fraction of sp³-hybridized carbons (Fsp3) is 0.350. The molecule has 0 bridgehead atoms. The lowest BCUT2D eigenvalue weighted by Crippen LogP contribution is -2.40. The minimum absolute atomic E-state index is 0.118. The molecule has 0 unspecified atom stereocenters. The van der Waals surface area contributed by atoms with Crippen LogP contribution in [0.2, 0.25) is 0 Å². The molecule has 0 radical (unpaired) electrons. The van der Waals surface area contributed by atoms with Crippen LogP contribution in [-0.4, -0.2) is 38.4 Å². The lowest BCUT2D eigenvalue weighted by atomic mass is 10.1. The van der Waals surface area contributed by atoms with E-state index in [0.717, 1.165) is 5.56 Å². The minimum Gasteiger partial charge on any atom is -0.325 e. The van der Waals surface area contributed by atoms with Crippen LogP contribution < -0.4 is 10.0 Å². The molecule has 1 amide bonds. The average Bonchev–Trinajstić information content (AvgIpc) is 2.53. The summed E-state index contributed by atoms with van der Waals surface area (Å²) in [6.07, 6.45) is 0. The number of carbonyl (C=O) groups is 1. The van der Waals surface area contributed by atoms with Gasteiger partial charge in [0.15, 0.2) is 0 Å². The molecule has 2 aromatic carbocycles. The van der Waals surface area contributed by atoms with Gasteiger partial charge in [0.25, 0.3) is 0 Å². The molecule has 7 heteroatoms. The summed E-state index contributed by atoms with van der Waals surface area (Å²) in [5.41, 5.74) is 0.983. The predicted molar refractivity (Wildman–Crippen MR) is 108 cm³/mol. The van der Waals surface area contributed by atoms with Crippen molar-refractivity contribution in [2.75, 3.05) is 18.9 Å². The topological polar surface area (TPSA) is 78.5 Å². The minimum atomic E-state index is -3.65. The van der Waals surface area contributed by atoms with E-state index in [-0.39, 0.29) is 17.3 Å². The molecule has 2 N–H and O–H groups in total. The molecule has 2 rings (SSSR count). The fourth-order valence-corrected chi connectivity index (χ4v) is 4.06. The van der Waals surface area contributed by atoms with Crippen LogP contribution in [0.5, 0.6) is 0 Å². The maximum absolute atomic E-state index is 12.4. The quantitative estimate of drug-likeness (QED) is 0.763. The van der Waals surface area contributed by atoms with Crippen molar-refractivity contribution in [2.24, 2.45) is 0 Å². The Kier molecular flexibility index (Phi) is 6.75. The van der Waals surface area contributed by atoms with Gasteiger partial charge in [-0.1, -0.05) is 36.4 Å². The Labute approximate surface area is 161 Å². The molecule has 0 saturated carbocycles. The van der Waals surface area contributed by atoms with Crippen LogP contribution in [0.15, 0.2) is 59.5 Å². The molecule has 146 valence electrons. The zero-order valence-corrected chi connectivity index (χ0v) is 17.0. The van der Waals surface area contributed by atoms with Crippen LogP contribution in [0.1, 0.15) is 26.3 Å². The van der Waals surface area contributed by atoms with E-state index in [4.69, 9.17) is 0 Å². The smallest absolute Gasteiger partial charge is 0.241 e. The van der Waals surface area contributed by atoms with Crippen LogP contribution in [0, 0.1) is 0 Å². The van der Waals surface area contributed by atoms with Gasteiger partial charge >= 0.3 is 0 Å². The second-order valence-corrected chi connectivity index (χ2v) is 9.27. The monoisotopic (exact) mass is 389 g/mol. The Balaban J connectivity index is 2.00. The van der Waals surface area contributed by atoms with E-state index in [1.165, 1.54) is 12.1 Å². The van der Waals surface area contributed by atoms with Gasteiger partial charge in [0.05, 0.1) is 11.4 Å². The van der Waals surface area contributed by atoms with E-state index >= 15 is 0 Å². The number of nitrogens with zero attached hydrogens (tertiary/aromatic N) is 1. The molecule has 0 aromatic heterocycles. The molecular formula is C20H27N3O3S. The van der Waals surface area contributed by atoms with Crippen molar-refractivity contribution in [3.05, 3.63) is 60.2 Å². The van der Waals surface area contributed by atoms with Crippen molar-refractivity contribution in [2.45, 2.75) is 37.8 Å². The molecule has 2 aromatic rings. The lowest BCUT2D eigenvalue weighted by Gasteiger charge is -2.20. The van der Waals surface area contributed by atoms with Gasteiger partial charge in [-0.2, -0.15) is 0 Å². The van der Waals surface area contributed by atoms with Crippen LogP contribution in [-0.2, 0) is 21.4 Å². The van der Waals surface area contributed by atoms with Crippen LogP contribution in [0.25, 0.3) is 0 Å². The number of anilines is 1. The van der Waals surface area contributed by atoms with Gasteiger partial charge < -0.3 is 5.32 Å². The van der Waals surface area contributed by atoms with Gasteiger partial charge in [0.2, 0.25) is 15.9 Å². The molecule has 0 aliphatic carbocycles. The van der Waals surface area contributed by atoms with E-state index < -0.39 is 15.6 Å². The number of sulfonamides is 1. The number of rotatable bonds is 7. The van der Waals surface area contributed by atoms with Gasteiger partial charge in [-0.15, -0.1) is 0 Å². The number of likely N-dealkylation sites (N-methyl/N-ethyl adjacent to an activating group) is 1. The summed E-state index contributed by atoms with van der Waals surface area (Å²) in [5, 5.41) is 2.76. The summed E-state index contributed by atoms with van der Waals surface area (Å²) in [6, 6.07) is 16.1. The van der Waals surface area contributed by atoms with Crippen molar-refractivity contribution in [3.8, 4) is 0 Å². The van der Waals surface area contributed by atoms with Crippen LogP contribution >= 0.6 is 0 Å². The maximum Gasteiger partial charge on any atom is 0.241 e. The summed E-state index contributed by atoms with van der Waals surface area (Å²) in [7, 11) is -1.79. The molecule has 6 nitrogen and oxygen atoms in total. The number of hydrogen-bond donors (Lipinski definition) is 2. The third kappa shape index (κ3) is 7.13. The highest BCUT2D eigenvalue weighted by Gasteiger charge is 2.22. The third-order valence-corrected chi connectivity index (χ3v) is 5.33. The zero-order valence-electron chi connectivity index (χ0n) is 16.2. The number of nitrogens with one attached hydrogen (secondary N) is 2. The third-order valence-electron chi connectivity index (χ3n) is 3.58. The Bertz CT molecular complexity index is 875. The first-order chi connectivity index (χ1) is 12.5. The van der Waals surface area contributed by atoms with Crippen LogP contribution in [0.4, 0.5) is 5.69 Å². The fourth-order valence-electron chi connectivity index (χ4n) is 2.60. The highest BCUT2D eigenvalue weighted by molar-refractivity contribution is 7.89. The molecular weight excluding hydrogens is 362 g/mol. The van der Waals surface area contributed by atoms with E-state index in [1.807, 2.05) is 42.3 Å². The standard InChI is InChI=1S/C20H27N3O3S/c1-20(2,3)22-27(25,26)18-12-8-11-17(13-18)21-19(24)15-23(4)14-16-9-6-5-7-10-16/h5-13,22H,14-15H2,1-4H3,(H,21,24). The summed E-state index contributed by atoms with van der Waals surface area (Å²) >= 11 is 0. The predicted octanol–water partition coefficient (Wildman–Crippen LogP) is 2.83. The molecule has 0 fully saturated rings. The average molecular weight is 390 g/mol. The van der Waals surface area contributed by atoms with E-state index in [9.17, 15) is 13.2 Å². The first kappa shape index (κ1) is 21.1. The molecule has 0 spiro atoms. The molecule has 27 heavy (non-hydrogen) atoms. The van der Waals surface area contributed by atoms with Crippen molar-refractivity contribution in [3.63, 3.8) is 0 Å². The zero-order chi connectivity index (χ0) is 20.1. The first-order valence-corrected chi connectivity index (χ1v) is 10.2. The molecule has 0 aliphatic rings. The molecule has 0 aliphatic heterocycles. The molecule has 0 atom stereocenters. The van der Waals surface area contributed by atoms with Crippen molar-refractivity contribution < 1.29 is 13.2 Å². The Morgan fingerprint density at radius 2 is 1.70 bits per heavy atom. The normalized spacial score (nSPS) is 12.2. The number of amides is 1. The van der Waals surface area contributed by atoms with Gasteiger partial charge in [-0.05, 0) is 51.6 Å². The van der Waals surface area contributed by atoms with Crippen LogP contribution in [0.3, 0.4) is 0 Å². The van der Waals surface area contributed by atoms with Crippen molar-refractivity contribution in [1.29, 1.82) is 0 Å². The Hall–Kier alpha value is -2.22. The first-order valence-electron chi connectivity index (χ1n) is 8.71. The van der Waals surface area contributed by atoms with Crippen molar-refractivity contribution >= 4 is 21.6 Å². The number of hydrogen-bond acceptors (Lipinski definition) is 4. The number of carbonyl (C=O) groups excluding carboxylic acids is 1. The second kappa shape index (κ2) is 8.65. The van der Waals surface area contributed by atoms with E-state index in [1.54, 1.807) is 32.9 Å². The van der Waals surface area contributed by atoms with Gasteiger partial charge in [0.1, 0.15) is 0 Å². The number of benzene rings is 2. The summed E-state index contributed by atoms with van der Waals surface area (Å²) in [5.74, 6) is -0.202. The summed E-state index contributed by atoms with van der Waals surface area (Å²) < 4.78 is 27.5. The van der Waals surface area contributed by atoms with Gasteiger partial charge in [-0.3, -0.25) is 9.69 Å². The second-order valence-electron chi connectivity index (χ2n) is 7.59. The largest absolute Gasteiger partial charge is 0.325 e. The highest BCUT2D eigenvalue weighted by atomic mass is 32.2. The summed E-state index contributed by atoms with van der Waals surface area (Å²) in [4.78, 5) is 14.3. The molecule has 0 saturated heterocycles. The Morgan fingerprint density at radius 3 is 2.33 bits per heavy atom. The van der Waals surface area contributed by atoms with Gasteiger partial charge in [0, 0.05) is 17.8 Å². The maximum atomic E-state index is 12.4. The van der Waals surface area contributed by atoms with Crippen molar-refractivity contribution in [1.82, 2.24) is 9.62 Å². The van der Waals surface area contributed by atoms with E-state index in [2.05, 4.69) is 10.0 Å². The lowest BCUT2D eigenvalue weighted by molar-refractivity contribution is -0.117. The SMILES string of the molecule is CN(CC(=O)Nc1cccc(S(=O)(=O)NC(C)(C)C)c1)Cc1ccccc1. The summed E-state index contributed by atoms with van der Waals surface area (Å²) in [6.45, 7) is 6.18. The highest BCUT2D eigenvalue weighted by Crippen LogP contribution is 2.17. The Morgan fingerprint density at radius 1 is 1.04 bits per heavy atom. The van der Waals surface area contributed by atoms with Gasteiger partial charge in [-0.25, -0.2) is 13.1 Å². The molecule has 0 heterocycles. The van der Waals surface area contributed by atoms with E-state index in [0.29, 0.717) is 12.2 Å².